The highest BCUT2D eigenvalue weighted by atomic mass is 79.9. The van der Waals surface area contributed by atoms with Crippen LogP contribution in [-0.4, -0.2) is 10.9 Å². The van der Waals surface area contributed by atoms with Gasteiger partial charge in [0.05, 0.1) is 4.47 Å². The fourth-order valence-electron chi connectivity index (χ4n) is 3.26. The van der Waals surface area contributed by atoms with Crippen molar-refractivity contribution in [1.29, 1.82) is 0 Å². The number of rotatable bonds is 2. The Bertz CT molecular complexity index is 457. The van der Waals surface area contributed by atoms with Crippen molar-refractivity contribution in [2.75, 3.05) is 0 Å². The molecule has 2 aliphatic rings. The van der Waals surface area contributed by atoms with Crippen LogP contribution in [0.1, 0.15) is 32.1 Å². The molecule has 0 amide bonds. The molecule has 0 saturated heterocycles. The van der Waals surface area contributed by atoms with Gasteiger partial charge in [-0.2, -0.15) is 0 Å². The second-order valence-corrected chi connectivity index (χ2v) is 7.28. The summed E-state index contributed by atoms with van der Waals surface area (Å²) in [5.74, 6) is 0.517. The predicted octanol–water partition coefficient (Wildman–Crippen LogP) is 5.06. The Hall–Kier alpha value is -0.0900. The molecule has 1 aromatic rings. The average molecular weight is 378 g/mol. The molecular weight excluding hydrogens is 363 g/mol. The van der Waals surface area contributed by atoms with E-state index in [1.807, 2.05) is 0 Å². The summed E-state index contributed by atoms with van der Waals surface area (Å²) in [6, 6.07) is 4.62. The average Bonchev–Trinajstić information content (AvgIpc) is 2.83. The fraction of sp³-hybridized carbons (Fsp3) is 0.571. The Kier molecular flexibility index (Phi) is 3.43. The van der Waals surface area contributed by atoms with Gasteiger partial charge in [-0.1, -0.05) is 28.8 Å². The first kappa shape index (κ1) is 12.9. The molecule has 2 saturated carbocycles. The lowest BCUT2D eigenvalue weighted by atomic mass is 9.64. The van der Waals surface area contributed by atoms with Crippen molar-refractivity contribution in [3.05, 3.63) is 28.5 Å². The first-order chi connectivity index (χ1) is 8.62. The van der Waals surface area contributed by atoms with Gasteiger partial charge >= 0.3 is 0 Å². The van der Waals surface area contributed by atoms with Crippen LogP contribution in [0.15, 0.2) is 22.7 Å². The number of ether oxygens (including phenoxy) is 1. The van der Waals surface area contributed by atoms with E-state index in [1.54, 1.807) is 6.07 Å². The SMILES string of the molecule is Fc1ccc(OC2CC(Br)C23CCCC3)c(Br)c1. The third kappa shape index (κ3) is 2.01. The monoisotopic (exact) mass is 376 g/mol. The minimum absolute atomic E-state index is 0.239. The van der Waals surface area contributed by atoms with E-state index in [0.717, 1.165) is 12.2 Å². The minimum atomic E-state index is -0.239. The summed E-state index contributed by atoms with van der Waals surface area (Å²) in [6.45, 7) is 0. The van der Waals surface area contributed by atoms with Crippen LogP contribution in [0.4, 0.5) is 4.39 Å². The Balaban J connectivity index is 1.77. The van der Waals surface area contributed by atoms with Crippen LogP contribution in [0, 0.1) is 11.2 Å². The van der Waals surface area contributed by atoms with E-state index in [2.05, 4.69) is 31.9 Å². The van der Waals surface area contributed by atoms with Gasteiger partial charge in [-0.05, 0) is 53.4 Å². The van der Waals surface area contributed by atoms with E-state index in [1.165, 1.54) is 37.8 Å². The lowest BCUT2D eigenvalue weighted by Crippen LogP contribution is -2.55. The van der Waals surface area contributed by atoms with Gasteiger partial charge in [0, 0.05) is 10.2 Å². The van der Waals surface area contributed by atoms with E-state index < -0.39 is 0 Å². The minimum Gasteiger partial charge on any atom is -0.489 e. The third-order valence-electron chi connectivity index (χ3n) is 4.38. The molecule has 1 spiro atoms. The van der Waals surface area contributed by atoms with Crippen LogP contribution in [-0.2, 0) is 0 Å². The molecule has 4 heteroatoms. The van der Waals surface area contributed by atoms with Crippen LogP contribution in [0.3, 0.4) is 0 Å². The molecule has 18 heavy (non-hydrogen) atoms. The van der Waals surface area contributed by atoms with Crippen LogP contribution >= 0.6 is 31.9 Å². The standard InChI is InChI=1S/C14H15Br2FO/c15-10-7-9(17)3-4-11(10)18-13-8-12(16)14(13)5-1-2-6-14/h3-4,7,12-13H,1-2,5-6,8H2. The Morgan fingerprint density at radius 2 is 2.00 bits per heavy atom. The summed E-state index contributed by atoms with van der Waals surface area (Å²) in [5, 5.41) is 0. The van der Waals surface area contributed by atoms with Gasteiger partial charge in [-0.3, -0.25) is 0 Å². The lowest BCUT2D eigenvalue weighted by Gasteiger charge is -2.51. The van der Waals surface area contributed by atoms with E-state index in [9.17, 15) is 4.39 Å². The van der Waals surface area contributed by atoms with Crippen LogP contribution < -0.4 is 4.74 Å². The summed E-state index contributed by atoms with van der Waals surface area (Å²) in [6.07, 6.45) is 6.40. The Labute approximate surface area is 123 Å². The second-order valence-electron chi connectivity index (χ2n) is 5.32. The number of hydrogen-bond acceptors (Lipinski definition) is 1. The number of halogens is 3. The van der Waals surface area contributed by atoms with Gasteiger partial charge in [0.1, 0.15) is 17.7 Å². The van der Waals surface area contributed by atoms with Gasteiger partial charge in [0.15, 0.2) is 0 Å². The summed E-state index contributed by atoms with van der Waals surface area (Å²) < 4.78 is 19.8. The Morgan fingerprint density at radius 3 is 2.61 bits per heavy atom. The highest BCUT2D eigenvalue weighted by molar-refractivity contribution is 9.10. The van der Waals surface area contributed by atoms with Crippen LogP contribution in [0.25, 0.3) is 0 Å². The molecule has 2 fully saturated rings. The first-order valence-corrected chi connectivity index (χ1v) is 8.08. The van der Waals surface area contributed by atoms with Crippen LogP contribution in [0.2, 0.25) is 0 Å². The number of hydrogen-bond donors (Lipinski definition) is 0. The summed E-state index contributed by atoms with van der Waals surface area (Å²) >= 11 is 7.14. The molecule has 2 unspecified atom stereocenters. The van der Waals surface area contributed by atoms with E-state index in [4.69, 9.17) is 4.74 Å². The quantitative estimate of drug-likeness (QED) is 0.654. The maximum absolute atomic E-state index is 13.0. The van der Waals surface area contributed by atoms with Crippen LogP contribution in [0.5, 0.6) is 5.75 Å². The van der Waals surface area contributed by atoms with Gasteiger partial charge < -0.3 is 4.74 Å². The molecule has 0 aromatic heterocycles. The van der Waals surface area contributed by atoms with Crippen molar-refractivity contribution in [2.45, 2.75) is 43.0 Å². The predicted molar refractivity (Wildman–Crippen MR) is 76.7 cm³/mol. The number of alkyl halides is 1. The first-order valence-electron chi connectivity index (χ1n) is 6.37. The van der Waals surface area contributed by atoms with Crippen molar-refractivity contribution in [3.8, 4) is 5.75 Å². The molecule has 2 atom stereocenters. The molecule has 0 bridgehead atoms. The molecule has 98 valence electrons. The summed E-state index contributed by atoms with van der Waals surface area (Å²) in [4.78, 5) is 0.580. The molecule has 0 aliphatic heterocycles. The van der Waals surface area contributed by atoms with Gasteiger partial charge in [0.2, 0.25) is 0 Å². The van der Waals surface area contributed by atoms with Crippen molar-refractivity contribution in [3.63, 3.8) is 0 Å². The van der Waals surface area contributed by atoms with E-state index in [0.29, 0.717) is 14.7 Å². The van der Waals surface area contributed by atoms with E-state index >= 15 is 0 Å². The van der Waals surface area contributed by atoms with Crippen molar-refractivity contribution in [2.24, 2.45) is 5.41 Å². The smallest absolute Gasteiger partial charge is 0.134 e. The number of benzene rings is 1. The lowest BCUT2D eigenvalue weighted by molar-refractivity contribution is -0.0308. The maximum Gasteiger partial charge on any atom is 0.134 e. The molecule has 1 aromatic carbocycles. The molecule has 0 heterocycles. The zero-order valence-corrected chi connectivity index (χ0v) is 13.1. The summed E-state index contributed by atoms with van der Waals surface area (Å²) in [7, 11) is 0. The second kappa shape index (κ2) is 4.78. The van der Waals surface area contributed by atoms with Gasteiger partial charge in [0.25, 0.3) is 0 Å². The fourth-order valence-corrected chi connectivity index (χ4v) is 4.79. The zero-order valence-electron chi connectivity index (χ0n) is 9.96. The van der Waals surface area contributed by atoms with Crippen molar-refractivity contribution >= 4 is 31.9 Å². The molecule has 1 nitrogen and oxygen atoms in total. The molecule has 0 N–H and O–H groups in total. The highest BCUT2D eigenvalue weighted by Crippen LogP contribution is 2.57. The topological polar surface area (TPSA) is 9.23 Å². The normalized spacial score (nSPS) is 29.3. The molecule has 0 radical (unpaired) electrons. The largest absolute Gasteiger partial charge is 0.489 e. The van der Waals surface area contributed by atoms with Crippen molar-refractivity contribution in [1.82, 2.24) is 0 Å². The molecule has 2 aliphatic carbocycles. The van der Waals surface area contributed by atoms with Crippen molar-refractivity contribution < 1.29 is 9.13 Å². The molecule has 3 rings (SSSR count). The van der Waals surface area contributed by atoms with E-state index in [-0.39, 0.29) is 11.9 Å². The maximum atomic E-state index is 13.0. The highest BCUT2D eigenvalue weighted by Gasteiger charge is 2.56. The van der Waals surface area contributed by atoms with Gasteiger partial charge in [-0.15, -0.1) is 0 Å². The summed E-state index contributed by atoms with van der Waals surface area (Å²) in [5.41, 5.74) is 0.313. The Morgan fingerprint density at radius 1 is 1.28 bits per heavy atom. The molecular formula is C14H15Br2FO. The third-order valence-corrected chi connectivity index (χ3v) is 6.29. The zero-order chi connectivity index (χ0) is 12.8. The van der Waals surface area contributed by atoms with Gasteiger partial charge in [-0.25, -0.2) is 4.39 Å².